The number of nitrogen functional groups attached to an aromatic ring is 1. The summed E-state index contributed by atoms with van der Waals surface area (Å²) < 4.78 is 5.08. The minimum atomic E-state index is -0.534. The van der Waals surface area contributed by atoms with Gasteiger partial charge in [0.25, 0.3) is 0 Å². The average molecular weight is 396 g/mol. The molecule has 0 spiro atoms. The standard InChI is InChI=1S/C16H12Cl3NO3.Na/c1-7-3-4-10(14(20)16(7)23-8(2)21)15(22)11-5-9(17)6-12(18)13(11)19;/h3-6H,20H2,1-2H3;. The Morgan fingerprint density at radius 3 is 2.29 bits per heavy atom. The van der Waals surface area contributed by atoms with Gasteiger partial charge in [-0.1, -0.05) is 40.9 Å². The van der Waals surface area contributed by atoms with E-state index in [9.17, 15) is 9.59 Å². The van der Waals surface area contributed by atoms with Gasteiger partial charge in [0, 0.05) is 52.6 Å². The molecule has 121 valence electrons. The summed E-state index contributed by atoms with van der Waals surface area (Å²) in [6, 6.07) is 6.00. The van der Waals surface area contributed by atoms with Crippen LogP contribution in [0.15, 0.2) is 24.3 Å². The Hall–Kier alpha value is -0.750. The molecule has 0 aliphatic rings. The second kappa shape index (κ2) is 8.56. The zero-order valence-electron chi connectivity index (χ0n) is 13.2. The van der Waals surface area contributed by atoms with E-state index in [0.29, 0.717) is 5.56 Å². The summed E-state index contributed by atoms with van der Waals surface area (Å²) in [6.07, 6.45) is 0. The van der Waals surface area contributed by atoms with E-state index in [-0.39, 0.29) is 67.2 Å². The summed E-state index contributed by atoms with van der Waals surface area (Å²) in [5, 5.41) is 0.511. The van der Waals surface area contributed by atoms with Gasteiger partial charge in [0.05, 0.1) is 15.7 Å². The second-order valence-corrected chi connectivity index (χ2v) is 6.07. The molecule has 2 rings (SSSR count). The molecule has 8 heteroatoms. The summed E-state index contributed by atoms with van der Waals surface area (Å²) in [6.45, 7) is 2.97. The predicted octanol–water partition coefficient (Wildman–Crippen LogP) is 4.31. The number of carbonyl (C=O) groups is 2. The van der Waals surface area contributed by atoms with Crippen molar-refractivity contribution in [3.63, 3.8) is 0 Å². The molecule has 0 saturated heterocycles. The van der Waals surface area contributed by atoms with Gasteiger partial charge in [-0.25, -0.2) is 0 Å². The quantitative estimate of drug-likeness (QED) is 0.210. The molecule has 2 N–H and O–H groups in total. The van der Waals surface area contributed by atoms with Crippen LogP contribution in [0, 0.1) is 6.92 Å². The zero-order chi connectivity index (χ0) is 17.3. The number of aryl methyl sites for hydroxylation is 1. The Kier molecular flexibility index (Phi) is 7.60. The van der Waals surface area contributed by atoms with E-state index >= 15 is 0 Å². The van der Waals surface area contributed by atoms with Gasteiger partial charge in [0.1, 0.15) is 0 Å². The third-order valence-corrected chi connectivity index (χ3v) is 4.14. The van der Waals surface area contributed by atoms with Gasteiger partial charge in [-0.2, -0.15) is 0 Å². The van der Waals surface area contributed by atoms with Crippen molar-refractivity contribution in [3.8, 4) is 5.75 Å². The van der Waals surface area contributed by atoms with Crippen molar-refractivity contribution in [1.82, 2.24) is 0 Å². The van der Waals surface area contributed by atoms with Crippen molar-refractivity contribution in [1.29, 1.82) is 0 Å². The molecular formula is C16H12Cl3NNaO3. The molecule has 0 aliphatic carbocycles. The molecule has 0 saturated carbocycles. The van der Waals surface area contributed by atoms with Gasteiger partial charge in [0.15, 0.2) is 11.5 Å². The Balaban J connectivity index is 0.00000288. The third-order valence-electron chi connectivity index (χ3n) is 3.12. The molecule has 0 aromatic heterocycles. The molecule has 0 bridgehead atoms. The minimum Gasteiger partial charge on any atom is -0.424 e. The molecule has 1 radical (unpaired) electrons. The van der Waals surface area contributed by atoms with Gasteiger partial charge in [-0.3, -0.25) is 9.59 Å². The van der Waals surface area contributed by atoms with Crippen molar-refractivity contribution < 1.29 is 14.3 Å². The Morgan fingerprint density at radius 2 is 1.71 bits per heavy atom. The van der Waals surface area contributed by atoms with E-state index in [4.69, 9.17) is 45.3 Å². The fourth-order valence-corrected chi connectivity index (χ4v) is 2.74. The van der Waals surface area contributed by atoms with Crippen LogP contribution in [0.4, 0.5) is 5.69 Å². The van der Waals surface area contributed by atoms with Gasteiger partial charge in [-0.05, 0) is 30.7 Å². The molecule has 4 nitrogen and oxygen atoms in total. The maximum atomic E-state index is 12.7. The van der Waals surface area contributed by atoms with Crippen LogP contribution in [0.2, 0.25) is 15.1 Å². The monoisotopic (exact) mass is 394 g/mol. The van der Waals surface area contributed by atoms with Crippen molar-refractivity contribution in [3.05, 3.63) is 56.0 Å². The first-order valence-electron chi connectivity index (χ1n) is 6.49. The van der Waals surface area contributed by atoms with Crippen molar-refractivity contribution in [2.24, 2.45) is 0 Å². The maximum Gasteiger partial charge on any atom is 0.308 e. The van der Waals surface area contributed by atoms with Crippen molar-refractivity contribution in [2.75, 3.05) is 5.73 Å². The van der Waals surface area contributed by atoms with E-state index in [0.717, 1.165) is 0 Å². The third kappa shape index (κ3) is 4.45. The van der Waals surface area contributed by atoms with Crippen LogP contribution in [0.5, 0.6) is 5.75 Å². The normalized spacial score (nSPS) is 10.0. The smallest absolute Gasteiger partial charge is 0.308 e. The van der Waals surface area contributed by atoms with Gasteiger partial charge < -0.3 is 10.5 Å². The number of carbonyl (C=O) groups excluding carboxylic acids is 2. The van der Waals surface area contributed by atoms with Crippen LogP contribution < -0.4 is 10.5 Å². The SMILES string of the molecule is CC(=O)Oc1c(C)ccc(C(=O)c2cc(Cl)cc(Cl)c2Cl)c1N.[Na]. The van der Waals surface area contributed by atoms with E-state index in [1.165, 1.54) is 25.1 Å². The minimum absolute atomic E-state index is 0. The number of ketones is 1. The molecule has 0 aliphatic heterocycles. The van der Waals surface area contributed by atoms with Crippen LogP contribution in [0.1, 0.15) is 28.4 Å². The molecular weight excluding hydrogens is 384 g/mol. The average Bonchev–Trinajstić information content (AvgIpc) is 2.46. The summed E-state index contributed by atoms with van der Waals surface area (Å²) in [5.74, 6) is -0.855. The second-order valence-electron chi connectivity index (χ2n) is 4.84. The Labute approximate surface area is 176 Å². The van der Waals surface area contributed by atoms with E-state index in [2.05, 4.69) is 0 Å². The van der Waals surface area contributed by atoms with E-state index in [1.54, 1.807) is 13.0 Å². The largest absolute Gasteiger partial charge is 0.424 e. The molecule has 0 amide bonds. The van der Waals surface area contributed by atoms with Gasteiger partial charge in [-0.15, -0.1) is 0 Å². The maximum absolute atomic E-state index is 12.7. The van der Waals surface area contributed by atoms with Crippen LogP contribution >= 0.6 is 34.8 Å². The summed E-state index contributed by atoms with van der Waals surface area (Å²) in [5.41, 5.74) is 6.94. The topological polar surface area (TPSA) is 69.4 Å². The fraction of sp³-hybridized carbons (Fsp3) is 0.125. The van der Waals surface area contributed by atoms with Crippen LogP contribution in [-0.2, 0) is 4.79 Å². The fourth-order valence-electron chi connectivity index (χ4n) is 2.05. The van der Waals surface area contributed by atoms with Gasteiger partial charge >= 0.3 is 5.97 Å². The first kappa shape index (κ1) is 21.3. The molecule has 0 atom stereocenters. The molecule has 2 aromatic rings. The predicted molar refractivity (Wildman–Crippen MR) is 97.6 cm³/mol. The first-order valence-corrected chi connectivity index (χ1v) is 7.62. The number of nitrogens with two attached hydrogens (primary N) is 1. The zero-order valence-corrected chi connectivity index (χ0v) is 17.5. The van der Waals surface area contributed by atoms with Crippen molar-refractivity contribution in [2.45, 2.75) is 13.8 Å². The van der Waals surface area contributed by atoms with E-state index < -0.39 is 11.8 Å². The summed E-state index contributed by atoms with van der Waals surface area (Å²) in [7, 11) is 0. The number of halogens is 3. The number of esters is 1. The number of hydrogen-bond acceptors (Lipinski definition) is 4. The number of anilines is 1. The first-order chi connectivity index (χ1) is 10.7. The van der Waals surface area contributed by atoms with E-state index in [1.807, 2.05) is 0 Å². The molecule has 0 fully saturated rings. The molecule has 2 aromatic carbocycles. The molecule has 0 unspecified atom stereocenters. The number of rotatable bonds is 3. The number of hydrogen-bond donors (Lipinski definition) is 1. The van der Waals surface area contributed by atoms with Crippen LogP contribution in [0.25, 0.3) is 0 Å². The number of ether oxygens (including phenoxy) is 1. The van der Waals surface area contributed by atoms with Crippen LogP contribution in [0.3, 0.4) is 0 Å². The van der Waals surface area contributed by atoms with Crippen LogP contribution in [-0.4, -0.2) is 41.3 Å². The summed E-state index contributed by atoms with van der Waals surface area (Å²) >= 11 is 17.9. The Morgan fingerprint density at radius 1 is 1.08 bits per heavy atom. The summed E-state index contributed by atoms with van der Waals surface area (Å²) in [4.78, 5) is 23.9. The molecule has 24 heavy (non-hydrogen) atoms. The van der Waals surface area contributed by atoms with Crippen molar-refractivity contribution >= 4 is 81.8 Å². The number of benzene rings is 2. The van der Waals surface area contributed by atoms with Gasteiger partial charge in [0.2, 0.25) is 0 Å². The molecule has 0 heterocycles. The Bertz CT molecular complexity index is 825.